The molecule has 3 heterocycles. The summed E-state index contributed by atoms with van der Waals surface area (Å²) >= 11 is 1.56. The van der Waals surface area contributed by atoms with E-state index in [1.54, 1.807) is 16.8 Å². The third-order valence-electron chi connectivity index (χ3n) is 2.31. The molecule has 0 aliphatic heterocycles. The van der Waals surface area contributed by atoms with Gasteiger partial charge < -0.3 is 10.7 Å². The molecule has 3 rings (SSSR count). The molecule has 0 aliphatic carbocycles. The predicted molar refractivity (Wildman–Crippen MR) is 63.2 cm³/mol. The predicted octanol–water partition coefficient (Wildman–Crippen LogP) is 1.59. The summed E-state index contributed by atoms with van der Waals surface area (Å²) in [5, 5.41) is 2.85. The second kappa shape index (κ2) is 3.57. The van der Waals surface area contributed by atoms with E-state index in [0.29, 0.717) is 18.1 Å². The molecule has 0 fully saturated rings. The van der Waals surface area contributed by atoms with Crippen LogP contribution in [0, 0.1) is 0 Å². The van der Waals surface area contributed by atoms with Crippen LogP contribution in [0.4, 0.5) is 5.82 Å². The number of hydrogen-bond acceptors (Lipinski definition) is 5. The Kier molecular flexibility index (Phi) is 2.07. The standard InChI is InChI=1S/C10H9N5S/c11-9-7-1-2-12-10(7)15-8(14-9)3-6-4-16-5-13-6/h1-2,4-5H,3H2,(H3,11,12,14,15). The minimum Gasteiger partial charge on any atom is -0.383 e. The van der Waals surface area contributed by atoms with Crippen LogP contribution in [0.5, 0.6) is 0 Å². The molecule has 6 heteroatoms. The number of rotatable bonds is 2. The van der Waals surface area contributed by atoms with Crippen molar-refractivity contribution in [2.45, 2.75) is 6.42 Å². The highest BCUT2D eigenvalue weighted by atomic mass is 32.1. The number of nitrogens with zero attached hydrogens (tertiary/aromatic N) is 3. The number of nitrogen functional groups attached to an aromatic ring is 1. The molecular formula is C10H9N5S. The lowest BCUT2D eigenvalue weighted by Gasteiger charge is -2.00. The Morgan fingerprint density at radius 2 is 2.31 bits per heavy atom. The summed E-state index contributed by atoms with van der Waals surface area (Å²) in [5.41, 5.74) is 9.38. The maximum atomic E-state index is 5.84. The molecule has 16 heavy (non-hydrogen) atoms. The largest absolute Gasteiger partial charge is 0.383 e. The second-order valence-electron chi connectivity index (χ2n) is 3.42. The summed E-state index contributed by atoms with van der Waals surface area (Å²) in [6.07, 6.45) is 2.42. The summed E-state index contributed by atoms with van der Waals surface area (Å²) in [4.78, 5) is 15.9. The SMILES string of the molecule is Nc1nc(Cc2cscn2)nc2[nH]ccc12. The highest BCUT2D eigenvalue weighted by molar-refractivity contribution is 7.07. The zero-order valence-electron chi connectivity index (χ0n) is 8.34. The van der Waals surface area contributed by atoms with Gasteiger partial charge in [0.25, 0.3) is 0 Å². The van der Waals surface area contributed by atoms with Crippen molar-refractivity contribution in [3.63, 3.8) is 0 Å². The number of nitrogens with two attached hydrogens (primary N) is 1. The van der Waals surface area contributed by atoms with E-state index in [1.807, 2.05) is 17.6 Å². The minimum absolute atomic E-state index is 0.511. The van der Waals surface area contributed by atoms with E-state index >= 15 is 0 Å². The first-order valence-electron chi connectivity index (χ1n) is 4.79. The second-order valence-corrected chi connectivity index (χ2v) is 4.14. The van der Waals surface area contributed by atoms with E-state index in [2.05, 4.69) is 19.9 Å². The lowest BCUT2D eigenvalue weighted by molar-refractivity contribution is 0.965. The summed E-state index contributed by atoms with van der Waals surface area (Å²) in [6, 6.07) is 1.87. The van der Waals surface area contributed by atoms with E-state index in [-0.39, 0.29) is 0 Å². The van der Waals surface area contributed by atoms with Crippen molar-refractivity contribution in [1.82, 2.24) is 19.9 Å². The van der Waals surface area contributed by atoms with Crippen molar-refractivity contribution < 1.29 is 0 Å². The van der Waals surface area contributed by atoms with Crippen LogP contribution in [0.25, 0.3) is 11.0 Å². The van der Waals surface area contributed by atoms with Crippen molar-refractivity contribution in [2.24, 2.45) is 0 Å². The summed E-state index contributed by atoms with van der Waals surface area (Å²) in [6.45, 7) is 0. The molecule has 3 aromatic rings. The summed E-state index contributed by atoms with van der Waals surface area (Å²) in [7, 11) is 0. The molecule has 80 valence electrons. The van der Waals surface area contributed by atoms with Crippen molar-refractivity contribution in [3.05, 3.63) is 34.7 Å². The third-order valence-corrected chi connectivity index (χ3v) is 2.95. The molecule has 0 aliphatic rings. The van der Waals surface area contributed by atoms with Crippen molar-refractivity contribution in [3.8, 4) is 0 Å². The molecule has 0 atom stereocenters. The fourth-order valence-corrected chi connectivity index (χ4v) is 2.14. The number of anilines is 1. The highest BCUT2D eigenvalue weighted by Gasteiger charge is 2.07. The van der Waals surface area contributed by atoms with Gasteiger partial charge in [0.1, 0.15) is 17.3 Å². The number of aromatic amines is 1. The molecule has 0 bridgehead atoms. The van der Waals surface area contributed by atoms with Gasteiger partial charge in [-0.1, -0.05) is 0 Å². The zero-order chi connectivity index (χ0) is 11.0. The van der Waals surface area contributed by atoms with Crippen LogP contribution >= 0.6 is 11.3 Å². The molecule has 0 saturated heterocycles. The molecule has 0 saturated carbocycles. The van der Waals surface area contributed by atoms with Crippen LogP contribution in [0.2, 0.25) is 0 Å². The van der Waals surface area contributed by atoms with Gasteiger partial charge in [-0.05, 0) is 6.07 Å². The Bertz CT molecular complexity index is 613. The first kappa shape index (κ1) is 9.29. The number of H-pyrrole nitrogens is 1. The molecular weight excluding hydrogens is 222 g/mol. The quantitative estimate of drug-likeness (QED) is 0.701. The fraction of sp³-hybridized carbons (Fsp3) is 0.100. The topological polar surface area (TPSA) is 80.5 Å². The van der Waals surface area contributed by atoms with Gasteiger partial charge in [0.05, 0.1) is 23.0 Å². The van der Waals surface area contributed by atoms with Crippen LogP contribution in [-0.2, 0) is 6.42 Å². The Balaban J connectivity index is 2.04. The molecule has 3 aromatic heterocycles. The van der Waals surface area contributed by atoms with Crippen LogP contribution in [0.15, 0.2) is 23.2 Å². The average molecular weight is 231 g/mol. The number of fused-ring (bicyclic) bond motifs is 1. The maximum absolute atomic E-state index is 5.84. The molecule has 0 radical (unpaired) electrons. The van der Waals surface area contributed by atoms with E-state index < -0.39 is 0 Å². The van der Waals surface area contributed by atoms with Gasteiger partial charge in [0, 0.05) is 11.6 Å². The van der Waals surface area contributed by atoms with Gasteiger partial charge >= 0.3 is 0 Å². The highest BCUT2D eigenvalue weighted by Crippen LogP contribution is 2.17. The first-order valence-corrected chi connectivity index (χ1v) is 5.74. The number of hydrogen-bond donors (Lipinski definition) is 2. The Morgan fingerprint density at radius 3 is 3.12 bits per heavy atom. The third kappa shape index (κ3) is 1.53. The van der Waals surface area contributed by atoms with Gasteiger partial charge in [0.15, 0.2) is 0 Å². The van der Waals surface area contributed by atoms with Crippen molar-refractivity contribution in [1.29, 1.82) is 0 Å². The monoisotopic (exact) mass is 231 g/mol. The summed E-state index contributed by atoms with van der Waals surface area (Å²) in [5.74, 6) is 1.20. The molecule has 0 amide bonds. The summed E-state index contributed by atoms with van der Waals surface area (Å²) < 4.78 is 0. The van der Waals surface area contributed by atoms with E-state index in [4.69, 9.17) is 5.73 Å². The fourth-order valence-electron chi connectivity index (χ4n) is 1.58. The lowest BCUT2D eigenvalue weighted by atomic mass is 10.3. The molecule has 0 unspecified atom stereocenters. The van der Waals surface area contributed by atoms with Gasteiger partial charge in [-0.25, -0.2) is 15.0 Å². The van der Waals surface area contributed by atoms with Crippen LogP contribution in [0.3, 0.4) is 0 Å². The number of nitrogens with one attached hydrogen (secondary N) is 1. The van der Waals surface area contributed by atoms with Crippen LogP contribution in [0.1, 0.15) is 11.5 Å². The number of thiazole rings is 1. The van der Waals surface area contributed by atoms with Crippen molar-refractivity contribution in [2.75, 3.05) is 5.73 Å². The maximum Gasteiger partial charge on any atom is 0.143 e. The van der Waals surface area contributed by atoms with Gasteiger partial charge in [-0.2, -0.15) is 0 Å². The Hall–Kier alpha value is -1.95. The minimum atomic E-state index is 0.511. The normalized spacial score (nSPS) is 11.0. The average Bonchev–Trinajstić information content (AvgIpc) is 2.87. The van der Waals surface area contributed by atoms with Gasteiger partial charge in [-0.15, -0.1) is 11.3 Å². The Morgan fingerprint density at radius 1 is 1.38 bits per heavy atom. The molecule has 5 nitrogen and oxygen atoms in total. The van der Waals surface area contributed by atoms with Crippen molar-refractivity contribution >= 4 is 28.2 Å². The first-order chi connectivity index (χ1) is 7.83. The van der Waals surface area contributed by atoms with Crippen LogP contribution < -0.4 is 5.73 Å². The van der Waals surface area contributed by atoms with Gasteiger partial charge in [0.2, 0.25) is 0 Å². The van der Waals surface area contributed by atoms with Gasteiger partial charge in [-0.3, -0.25) is 0 Å². The smallest absolute Gasteiger partial charge is 0.143 e. The van der Waals surface area contributed by atoms with E-state index in [0.717, 1.165) is 16.7 Å². The zero-order valence-corrected chi connectivity index (χ0v) is 9.16. The van der Waals surface area contributed by atoms with E-state index in [9.17, 15) is 0 Å². The molecule has 0 spiro atoms. The van der Waals surface area contributed by atoms with E-state index in [1.165, 1.54) is 0 Å². The molecule has 0 aromatic carbocycles. The Labute approximate surface area is 95.4 Å². The molecule has 3 N–H and O–H groups in total. The van der Waals surface area contributed by atoms with Crippen LogP contribution in [-0.4, -0.2) is 19.9 Å². The lowest BCUT2D eigenvalue weighted by Crippen LogP contribution is -2.01. The number of aromatic nitrogens is 4.